The molecule has 3 N–H and O–H groups in total. The largest absolute Gasteiger partial charge is 0.493 e. The van der Waals surface area contributed by atoms with E-state index in [0.29, 0.717) is 31.7 Å². The highest BCUT2D eigenvalue weighted by Crippen LogP contribution is 2.24. The van der Waals surface area contributed by atoms with Crippen molar-refractivity contribution in [3.05, 3.63) is 108 Å². The summed E-state index contributed by atoms with van der Waals surface area (Å²) in [6.45, 7) is 1.36. The number of aromatic amines is 1. The number of H-pyrrole nitrogens is 1. The van der Waals surface area contributed by atoms with Crippen LogP contribution in [0.2, 0.25) is 0 Å². The van der Waals surface area contributed by atoms with Gasteiger partial charge in [0.25, 0.3) is 5.91 Å². The smallest absolute Gasteiger partial charge is 0.254 e. The van der Waals surface area contributed by atoms with Crippen molar-refractivity contribution in [2.45, 2.75) is 38.8 Å². The minimum atomic E-state index is -0.379. The second kappa shape index (κ2) is 13.8. The maximum absolute atomic E-state index is 13.7. The SMILES string of the molecule is O=C(CCCCCOc1ccccc1CN(Cc1ccccc1)C(=O)c1ccc(-c2cn[nH]c2)cc1)NO. The monoisotopic (exact) mass is 512 g/mol. The third-order valence-electron chi connectivity index (χ3n) is 6.23. The summed E-state index contributed by atoms with van der Waals surface area (Å²) in [4.78, 5) is 26.7. The third kappa shape index (κ3) is 7.54. The lowest BCUT2D eigenvalue weighted by atomic mass is 10.1. The average molecular weight is 513 g/mol. The number of hydroxylamine groups is 1. The Hall–Kier alpha value is -4.43. The molecule has 0 aliphatic carbocycles. The molecule has 38 heavy (non-hydrogen) atoms. The number of hydrogen-bond acceptors (Lipinski definition) is 5. The predicted octanol–water partition coefficient (Wildman–Crippen LogP) is 5.36. The highest BCUT2D eigenvalue weighted by Gasteiger charge is 2.19. The molecule has 0 aliphatic heterocycles. The van der Waals surface area contributed by atoms with Crippen LogP contribution >= 0.6 is 0 Å². The molecule has 0 fully saturated rings. The van der Waals surface area contributed by atoms with Crippen molar-refractivity contribution in [1.29, 1.82) is 0 Å². The van der Waals surface area contributed by atoms with Crippen LogP contribution in [0.3, 0.4) is 0 Å². The summed E-state index contributed by atoms with van der Waals surface area (Å²) in [6, 6.07) is 25.3. The molecule has 3 aromatic carbocycles. The van der Waals surface area contributed by atoms with Gasteiger partial charge in [-0.05, 0) is 48.6 Å². The van der Waals surface area contributed by atoms with Gasteiger partial charge in [-0.15, -0.1) is 0 Å². The Morgan fingerprint density at radius 2 is 1.63 bits per heavy atom. The zero-order valence-electron chi connectivity index (χ0n) is 21.2. The molecule has 0 radical (unpaired) electrons. The van der Waals surface area contributed by atoms with E-state index < -0.39 is 0 Å². The molecule has 0 unspecified atom stereocenters. The molecule has 2 amide bonds. The van der Waals surface area contributed by atoms with Gasteiger partial charge in [-0.25, -0.2) is 5.48 Å². The lowest BCUT2D eigenvalue weighted by molar-refractivity contribution is -0.129. The van der Waals surface area contributed by atoms with Gasteiger partial charge in [-0.2, -0.15) is 5.10 Å². The predicted molar refractivity (Wildman–Crippen MR) is 144 cm³/mol. The van der Waals surface area contributed by atoms with Gasteiger partial charge in [0.1, 0.15) is 5.75 Å². The zero-order chi connectivity index (χ0) is 26.6. The normalized spacial score (nSPS) is 10.7. The number of carbonyl (C=O) groups excluding carboxylic acids is 2. The number of hydrogen-bond donors (Lipinski definition) is 3. The molecule has 8 heteroatoms. The fourth-order valence-corrected chi connectivity index (χ4v) is 4.18. The van der Waals surface area contributed by atoms with Crippen molar-refractivity contribution in [3.63, 3.8) is 0 Å². The van der Waals surface area contributed by atoms with Crippen LogP contribution in [0.1, 0.15) is 47.2 Å². The van der Waals surface area contributed by atoms with E-state index in [1.54, 1.807) is 11.7 Å². The van der Waals surface area contributed by atoms with Crippen molar-refractivity contribution in [3.8, 4) is 16.9 Å². The molecule has 4 rings (SSSR count). The van der Waals surface area contributed by atoms with Crippen LogP contribution in [-0.2, 0) is 17.9 Å². The van der Waals surface area contributed by atoms with E-state index in [-0.39, 0.29) is 18.2 Å². The minimum absolute atomic E-state index is 0.0652. The van der Waals surface area contributed by atoms with Crippen LogP contribution in [0.25, 0.3) is 11.1 Å². The van der Waals surface area contributed by atoms with E-state index >= 15 is 0 Å². The number of carbonyl (C=O) groups is 2. The summed E-state index contributed by atoms with van der Waals surface area (Å²) in [5, 5.41) is 15.4. The Morgan fingerprint density at radius 1 is 0.868 bits per heavy atom. The molecule has 0 aliphatic rings. The fourth-order valence-electron chi connectivity index (χ4n) is 4.18. The number of nitrogens with one attached hydrogen (secondary N) is 2. The molecule has 0 spiro atoms. The number of ether oxygens (including phenoxy) is 1. The Balaban J connectivity index is 1.46. The fraction of sp³-hybridized carbons (Fsp3) is 0.233. The summed E-state index contributed by atoms with van der Waals surface area (Å²) in [5.74, 6) is 0.293. The van der Waals surface area contributed by atoms with Gasteiger partial charge in [0.2, 0.25) is 5.91 Å². The molecule has 196 valence electrons. The number of benzene rings is 3. The second-order valence-electron chi connectivity index (χ2n) is 9.01. The molecular weight excluding hydrogens is 480 g/mol. The summed E-state index contributed by atoms with van der Waals surface area (Å²) in [6.07, 6.45) is 6.12. The van der Waals surface area contributed by atoms with Gasteiger partial charge in [0, 0.05) is 42.4 Å². The van der Waals surface area contributed by atoms with Gasteiger partial charge in [0.05, 0.1) is 12.8 Å². The third-order valence-corrected chi connectivity index (χ3v) is 6.23. The van der Waals surface area contributed by atoms with Gasteiger partial charge in [-0.3, -0.25) is 19.9 Å². The maximum Gasteiger partial charge on any atom is 0.254 e. The van der Waals surface area contributed by atoms with Crippen LogP contribution in [0.4, 0.5) is 0 Å². The molecule has 0 bridgehead atoms. The summed E-state index contributed by atoms with van der Waals surface area (Å²) >= 11 is 0. The number of nitrogens with zero attached hydrogens (tertiary/aromatic N) is 2. The van der Waals surface area contributed by atoms with Gasteiger partial charge >= 0.3 is 0 Å². The van der Waals surface area contributed by atoms with E-state index in [4.69, 9.17) is 9.94 Å². The van der Waals surface area contributed by atoms with Crippen molar-refractivity contribution in [2.24, 2.45) is 0 Å². The summed E-state index contributed by atoms with van der Waals surface area (Å²) in [7, 11) is 0. The molecule has 0 saturated heterocycles. The number of unbranched alkanes of at least 4 members (excludes halogenated alkanes) is 2. The maximum atomic E-state index is 13.7. The number of amides is 2. The first kappa shape index (κ1) is 26.6. The van der Waals surface area contributed by atoms with Crippen molar-refractivity contribution >= 4 is 11.8 Å². The molecule has 1 heterocycles. The number of aromatic nitrogens is 2. The molecular formula is C30H32N4O4. The number of rotatable bonds is 13. The topological polar surface area (TPSA) is 108 Å². The number of para-hydroxylation sites is 1. The van der Waals surface area contributed by atoms with Crippen LogP contribution in [-0.4, -0.2) is 38.7 Å². The van der Waals surface area contributed by atoms with Crippen molar-refractivity contribution in [2.75, 3.05) is 6.61 Å². The Morgan fingerprint density at radius 3 is 2.37 bits per heavy atom. The molecule has 1 aromatic heterocycles. The molecule has 4 aromatic rings. The van der Waals surface area contributed by atoms with Gasteiger partial charge in [0.15, 0.2) is 0 Å². The first-order valence-electron chi connectivity index (χ1n) is 12.7. The minimum Gasteiger partial charge on any atom is -0.493 e. The van der Waals surface area contributed by atoms with E-state index in [0.717, 1.165) is 40.8 Å². The highest BCUT2D eigenvalue weighted by molar-refractivity contribution is 5.94. The Labute approximate surface area is 222 Å². The Bertz CT molecular complexity index is 1290. The standard InChI is InChI=1S/C30H32N4O4/c35-29(33-37)13-5-2-8-18-38-28-12-7-6-11-26(28)22-34(21-23-9-3-1-4-10-23)30(36)25-16-14-24(15-17-25)27-19-31-32-20-27/h1,3-4,6-7,9-12,14-17,19-20,37H,2,5,8,13,18,21-22H2,(H,31,32)(H,33,35). The second-order valence-corrected chi connectivity index (χ2v) is 9.01. The molecule has 0 atom stereocenters. The van der Waals surface area contributed by atoms with Crippen molar-refractivity contribution < 1.29 is 19.5 Å². The average Bonchev–Trinajstić information content (AvgIpc) is 3.50. The van der Waals surface area contributed by atoms with E-state index in [9.17, 15) is 9.59 Å². The van der Waals surface area contributed by atoms with E-state index in [2.05, 4.69) is 10.2 Å². The van der Waals surface area contributed by atoms with E-state index in [1.165, 1.54) is 0 Å². The lowest BCUT2D eigenvalue weighted by Gasteiger charge is -2.24. The Kier molecular flexibility index (Phi) is 9.64. The van der Waals surface area contributed by atoms with Crippen LogP contribution in [0.5, 0.6) is 5.75 Å². The van der Waals surface area contributed by atoms with Crippen LogP contribution in [0, 0.1) is 0 Å². The molecule has 8 nitrogen and oxygen atoms in total. The first-order valence-corrected chi connectivity index (χ1v) is 12.7. The summed E-state index contributed by atoms with van der Waals surface area (Å²) < 4.78 is 6.07. The quantitative estimate of drug-likeness (QED) is 0.127. The highest BCUT2D eigenvalue weighted by atomic mass is 16.5. The van der Waals surface area contributed by atoms with E-state index in [1.807, 2.05) is 90.0 Å². The van der Waals surface area contributed by atoms with Gasteiger partial charge < -0.3 is 9.64 Å². The van der Waals surface area contributed by atoms with Crippen LogP contribution in [0.15, 0.2) is 91.3 Å². The van der Waals surface area contributed by atoms with Crippen molar-refractivity contribution in [1.82, 2.24) is 20.6 Å². The summed E-state index contributed by atoms with van der Waals surface area (Å²) in [5.41, 5.74) is 6.18. The first-order chi connectivity index (χ1) is 18.6. The molecule has 0 saturated carbocycles. The zero-order valence-corrected chi connectivity index (χ0v) is 21.2. The lowest BCUT2D eigenvalue weighted by Crippen LogP contribution is -2.30. The van der Waals surface area contributed by atoms with Crippen LogP contribution < -0.4 is 10.2 Å². The van der Waals surface area contributed by atoms with Gasteiger partial charge in [-0.1, -0.05) is 60.7 Å².